The molecule has 0 bridgehead atoms. The zero-order chi connectivity index (χ0) is 24.1. The minimum Gasteiger partial charge on any atom is -0.493 e. The number of benzene rings is 1. The van der Waals surface area contributed by atoms with E-state index in [-0.39, 0.29) is 0 Å². The summed E-state index contributed by atoms with van der Waals surface area (Å²) in [6.45, 7) is 10.5. The van der Waals surface area contributed by atoms with E-state index in [2.05, 4.69) is 70.1 Å². The Hall–Kier alpha value is -2.44. The number of thiophene rings is 1. The first-order valence-corrected chi connectivity index (χ1v) is 12.6. The van der Waals surface area contributed by atoms with Crippen molar-refractivity contribution >= 4 is 11.3 Å². The molecule has 1 aromatic heterocycles. The van der Waals surface area contributed by atoms with Gasteiger partial charge in [-0.2, -0.15) is 0 Å². The highest BCUT2D eigenvalue weighted by molar-refractivity contribution is 7.13. The molecule has 0 amide bonds. The van der Waals surface area contributed by atoms with Crippen LogP contribution in [0.15, 0.2) is 24.3 Å². The van der Waals surface area contributed by atoms with Crippen molar-refractivity contribution in [1.82, 2.24) is 5.32 Å². The van der Waals surface area contributed by atoms with E-state index in [0.29, 0.717) is 13.2 Å². The average molecular weight is 468 g/mol. The molecule has 1 aromatic carbocycles. The number of rotatable bonds is 12. The maximum Gasteiger partial charge on any atom is 0.135 e. The lowest BCUT2D eigenvalue weighted by molar-refractivity contribution is -0.870. The molecule has 0 spiro atoms. The molecule has 0 aliphatic heterocycles. The largest absolute Gasteiger partial charge is 0.493 e. The molecule has 0 unspecified atom stereocenters. The molecule has 1 N–H and O–H groups in total. The Morgan fingerprint density at radius 3 is 2.30 bits per heavy atom. The Morgan fingerprint density at radius 1 is 0.909 bits per heavy atom. The van der Waals surface area contributed by atoms with Gasteiger partial charge in [0.15, 0.2) is 0 Å². The van der Waals surface area contributed by atoms with Crippen molar-refractivity contribution < 1.29 is 14.0 Å². The molecule has 33 heavy (non-hydrogen) atoms. The van der Waals surface area contributed by atoms with E-state index in [0.717, 1.165) is 75.8 Å². The van der Waals surface area contributed by atoms with Crippen molar-refractivity contribution in [3.63, 3.8) is 0 Å². The third-order valence-corrected chi connectivity index (χ3v) is 5.85. The Labute approximate surface area is 204 Å². The van der Waals surface area contributed by atoms with Crippen LogP contribution in [0.4, 0.5) is 0 Å². The van der Waals surface area contributed by atoms with Crippen molar-refractivity contribution in [1.29, 1.82) is 0 Å². The topological polar surface area (TPSA) is 30.5 Å². The van der Waals surface area contributed by atoms with Gasteiger partial charge in [-0.05, 0) is 69.6 Å². The fraction of sp³-hybridized carbons (Fsp3) is 0.500. The second kappa shape index (κ2) is 14.0. The lowest BCUT2D eigenvalue weighted by Crippen LogP contribution is -2.35. The normalized spacial score (nSPS) is 10.7. The maximum absolute atomic E-state index is 6.18. The smallest absolute Gasteiger partial charge is 0.135 e. The first-order chi connectivity index (χ1) is 15.8. The zero-order valence-electron chi connectivity index (χ0n) is 21.1. The van der Waals surface area contributed by atoms with Gasteiger partial charge in [0.05, 0.1) is 56.2 Å². The zero-order valence-corrected chi connectivity index (χ0v) is 22.0. The number of unbranched alkanes of at least 4 members (excludes halogenated alkanes) is 1. The summed E-state index contributed by atoms with van der Waals surface area (Å²) in [5.74, 6) is 14.3. The number of aryl methyl sites for hydroxylation is 1. The molecule has 0 saturated carbocycles. The second-order valence-electron chi connectivity index (χ2n) is 9.03. The fourth-order valence-electron chi connectivity index (χ4n) is 3.19. The van der Waals surface area contributed by atoms with E-state index in [1.54, 1.807) is 11.3 Å². The van der Waals surface area contributed by atoms with Gasteiger partial charge in [-0.25, -0.2) is 0 Å². The van der Waals surface area contributed by atoms with Crippen LogP contribution in [0.25, 0.3) is 0 Å². The molecule has 1 heterocycles. The third kappa shape index (κ3) is 10.4. The van der Waals surface area contributed by atoms with Crippen LogP contribution in [0.2, 0.25) is 0 Å². The lowest BCUT2D eigenvalue weighted by Gasteiger charge is -2.23. The van der Waals surface area contributed by atoms with Gasteiger partial charge < -0.3 is 19.3 Å². The first kappa shape index (κ1) is 26.8. The van der Waals surface area contributed by atoms with Gasteiger partial charge >= 0.3 is 0 Å². The minimum absolute atomic E-state index is 0.670. The molecule has 0 atom stereocenters. The Balaban J connectivity index is 2.16. The van der Waals surface area contributed by atoms with Crippen LogP contribution < -0.4 is 14.8 Å². The second-order valence-corrected chi connectivity index (χ2v) is 10.1. The third-order valence-electron chi connectivity index (χ3n) is 4.94. The van der Waals surface area contributed by atoms with E-state index in [1.165, 1.54) is 0 Å². The summed E-state index contributed by atoms with van der Waals surface area (Å²) in [6.07, 6.45) is 3.12. The quantitative estimate of drug-likeness (QED) is 0.269. The van der Waals surface area contributed by atoms with Crippen LogP contribution in [0.1, 0.15) is 54.0 Å². The number of hydrogen-bond acceptors (Lipinski definition) is 4. The molecule has 4 nitrogen and oxygen atoms in total. The summed E-state index contributed by atoms with van der Waals surface area (Å²) in [7, 11) is 6.59. The predicted molar refractivity (Wildman–Crippen MR) is 140 cm³/mol. The van der Waals surface area contributed by atoms with Crippen LogP contribution in [0.5, 0.6) is 11.5 Å². The van der Waals surface area contributed by atoms with Gasteiger partial charge in [0, 0.05) is 6.42 Å². The number of nitrogens with zero attached hydrogens (tertiary/aromatic N) is 1. The SMILES string of the molecule is CC#Cc1ccc(C#Cc2cc(OCCCCNCC)c(C)cc2OCCC[N+](C)(C)C)s1. The molecular weight excluding hydrogens is 428 g/mol. The van der Waals surface area contributed by atoms with E-state index in [4.69, 9.17) is 9.47 Å². The van der Waals surface area contributed by atoms with Gasteiger partial charge in [0.25, 0.3) is 0 Å². The van der Waals surface area contributed by atoms with Gasteiger partial charge in [-0.1, -0.05) is 24.7 Å². The highest BCUT2D eigenvalue weighted by atomic mass is 32.1. The molecule has 178 valence electrons. The van der Waals surface area contributed by atoms with E-state index < -0.39 is 0 Å². The summed E-state index contributed by atoms with van der Waals surface area (Å²) < 4.78 is 13.2. The summed E-state index contributed by atoms with van der Waals surface area (Å²) in [4.78, 5) is 2.03. The van der Waals surface area contributed by atoms with E-state index in [9.17, 15) is 0 Å². The average Bonchev–Trinajstić information content (AvgIpc) is 3.21. The molecule has 0 aliphatic rings. The van der Waals surface area contributed by atoms with Crippen LogP contribution in [-0.4, -0.2) is 58.5 Å². The first-order valence-electron chi connectivity index (χ1n) is 11.8. The van der Waals surface area contributed by atoms with Crippen LogP contribution in [-0.2, 0) is 0 Å². The number of hydrogen-bond donors (Lipinski definition) is 1. The molecule has 2 rings (SSSR count). The van der Waals surface area contributed by atoms with Crippen molar-refractivity contribution in [3.05, 3.63) is 45.1 Å². The minimum atomic E-state index is 0.670. The van der Waals surface area contributed by atoms with Crippen LogP contribution in [0.3, 0.4) is 0 Å². The Bertz CT molecular complexity index is 997. The molecular formula is C28H39N2O2S+. The summed E-state index contributed by atoms with van der Waals surface area (Å²) in [5.41, 5.74) is 1.94. The molecule has 0 radical (unpaired) electrons. The predicted octanol–water partition coefficient (Wildman–Crippen LogP) is 5.07. The Morgan fingerprint density at radius 2 is 1.61 bits per heavy atom. The maximum atomic E-state index is 6.18. The van der Waals surface area contributed by atoms with E-state index in [1.807, 2.05) is 25.1 Å². The molecule has 0 aliphatic carbocycles. The molecule has 2 aromatic rings. The monoisotopic (exact) mass is 467 g/mol. The van der Waals surface area contributed by atoms with Crippen molar-refractivity contribution in [2.75, 3.05) is 54.0 Å². The molecule has 0 saturated heterocycles. The van der Waals surface area contributed by atoms with Gasteiger partial charge in [-0.3, -0.25) is 0 Å². The van der Waals surface area contributed by atoms with Crippen molar-refractivity contribution in [3.8, 4) is 35.2 Å². The van der Waals surface area contributed by atoms with E-state index >= 15 is 0 Å². The van der Waals surface area contributed by atoms with Gasteiger partial charge in [0.1, 0.15) is 11.5 Å². The number of nitrogens with one attached hydrogen (secondary N) is 1. The fourth-order valence-corrected chi connectivity index (χ4v) is 3.95. The van der Waals surface area contributed by atoms with Gasteiger partial charge in [0.2, 0.25) is 0 Å². The van der Waals surface area contributed by atoms with Crippen LogP contribution >= 0.6 is 11.3 Å². The van der Waals surface area contributed by atoms with Crippen molar-refractivity contribution in [2.45, 2.75) is 40.0 Å². The van der Waals surface area contributed by atoms with Crippen LogP contribution in [0, 0.1) is 30.6 Å². The lowest BCUT2D eigenvalue weighted by atomic mass is 10.1. The summed E-state index contributed by atoms with van der Waals surface area (Å²) in [5, 5.41) is 3.35. The highest BCUT2D eigenvalue weighted by Crippen LogP contribution is 2.29. The standard InChI is InChI=1S/C28H39N2O2S/c1-7-12-25-15-16-26(33-25)14-13-24-22-27(31-19-10-9-17-29-8-2)23(3)21-28(24)32-20-11-18-30(4,5)6/h15-16,21-22,29H,8-11,17-20H2,1-6H3/q+1. The van der Waals surface area contributed by atoms with Crippen molar-refractivity contribution in [2.24, 2.45) is 0 Å². The summed E-state index contributed by atoms with van der Waals surface area (Å²) in [6, 6.07) is 8.13. The number of quaternary nitrogens is 1. The number of ether oxygens (including phenoxy) is 2. The Kier molecular flexibility index (Phi) is 11.3. The van der Waals surface area contributed by atoms with Gasteiger partial charge in [-0.15, -0.1) is 17.3 Å². The summed E-state index contributed by atoms with van der Waals surface area (Å²) >= 11 is 1.61. The highest BCUT2D eigenvalue weighted by Gasteiger charge is 2.11. The molecule has 0 fully saturated rings. The molecule has 5 heteroatoms.